The molecule has 0 unspecified atom stereocenters. The highest BCUT2D eigenvalue weighted by atomic mass is 16.5. The van der Waals surface area contributed by atoms with Crippen LogP contribution >= 0.6 is 0 Å². The Morgan fingerprint density at radius 3 is 2.77 bits per heavy atom. The molecule has 1 rings (SSSR count). The van der Waals surface area contributed by atoms with Crippen LogP contribution in [0.4, 0.5) is 5.95 Å². The molecule has 0 saturated carbocycles. The molecule has 5 heteroatoms. The molecule has 74 valence electrons. The average molecular weight is 184 g/mol. The van der Waals surface area contributed by atoms with Crippen LogP contribution in [0.15, 0.2) is 6.33 Å². The Morgan fingerprint density at radius 2 is 2.31 bits per heavy atom. The first-order valence-corrected chi connectivity index (χ1v) is 4.17. The largest absolute Gasteiger partial charge is 0.384 e. The number of methoxy groups -OCH3 is 1. The van der Waals surface area contributed by atoms with Gasteiger partial charge in [0.05, 0.1) is 13.2 Å². The fourth-order valence-corrected chi connectivity index (χ4v) is 1.26. The summed E-state index contributed by atoms with van der Waals surface area (Å²) in [5.41, 5.74) is 5.45. The van der Waals surface area contributed by atoms with E-state index in [0.29, 0.717) is 12.6 Å². The third-order valence-electron chi connectivity index (χ3n) is 1.68. The summed E-state index contributed by atoms with van der Waals surface area (Å²) in [4.78, 5) is 3.85. The molecule has 0 aliphatic rings. The minimum absolute atomic E-state index is 0.0505. The predicted octanol–water partition coefficient (Wildman–Crippen LogP) is 0.533. The van der Waals surface area contributed by atoms with E-state index in [1.54, 1.807) is 18.1 Å². The third-order valence-corrected chi connectivity index (χ3v) is 1.68. The number of hydrogen-bond donors (Lipinski definition) is 1. The molecule has 0 amide bonds. The second kappa shape index (κ2) is 3.74. The molecule has 0 fully saturated rings. The van der Waals surface area contributed by atoms with E-state index in [1.807, 2.05) is 0 Å². The molecule has 0 spiro atoms. The van der Waals surface area contributed by atoms with Crippen LogP contribution < -0.4 is 5.73 Å². The van der Waals surface area contributed by atoms with Gasteiger partial charge in [0.2, 0.25) is 5.95 Å². The lowest BCUT2D eigenvalue weighted by Crippen LogP contribution is -2.25. The molecule has 0 aliphatic heterocycles. The molecular formula is C8H16N4O. The van der Waals surface area contributed by atoms with E-state index < -0.39 is 0 Å². The van der Waals surface area contributed by atoms with Gasteiger partial charge in [-0.1, -0.05) is 13.8 Å². The number of ether oxygens (including phenoxy) is 1. The number of aromatic nitrogens is 3. The Balaban J connectivity index is 2.57. The van der Waals surface area contributed by atoms with Gasteiger partial charge in [0.15, 0.2) is 0 Å². The fourth-order valence-electron chi connectivity index (χ4n) is 1.26. The maximum Gasteiger partial charge on any atom is 0.239 e. The van der Waals surface area contributed by atoms with E-state index in [2.05, 4.69) is 23.9 Å². The van der Waals surface area contributed by atoms with Gasteiger partial charge in [0.25, 0.3) is 0 Å². The molecule has 0 radical (unpaired) electrons. The van der Waals surface area contributed by atoms with Crippen molar-refractivity contribution in [3.63, 3.8) is 0 Å². The van der Waals surface area contributed by atoms with Crippen LogP contribution in [0.25, 0.3) is 0 Å². The highest BCUT2D eigenvalue weighted by molar-refractivity contribution is 5.09. The number of nitrogens with zero attached hydrogens (tertiary/aromatic N) is 3. The average Bonchev–Trinajstić information content (AvgIpc) is 2.34. The van der Waals surface area contributed by atoms with Gasteiger partial charge in [-0.3, -0.25) is 4.68 Å². The van der Waals surface area contributed by atoms with E-state index in [1.165, 1.54) is 0 Å². The molecule has 5 nitrogen and oxygen atoms in total. The summed E-state index contributed by atoms with van der Waals surface area (Å²) in [6, 6.07) is 0. The van der Waals surface area contributed by atoms with Crippen LogP contribution in [0.5, 0.6) is 0 Å². The zero-order valence-corrected chi connectivity index (χ0v) is 8.32. The summed E-state index contributed by atoms with van der Waals surface area (Å²) in [7, 11) is 1.69. The van der Waals surface area contributed by atoms with Crippen molar-refractivity contribution < 1.29 is 4.74 Å². The number of nitrogens with two attached hydrogens (primary N) is 1. The van der Waals surface area contributed by atoms with Gasteiger partial charge in [-0.2, -0.15) is 0 Å². The lowest BCUT2D eigenvalue weighted by Gasteiger charge is -2.22. The number of anilines is 1. The lowest BCUT2D eigenvalue weighted by molar-refractivity contribution is 0.0891. The Kier molecular flexibility index (Phi) is 2.87. The normalized spacial score (nSPS) is 11.9. The zero-order valence-electron chi connectivity index (χ0n) is 8.32. The van der Waals surface area contributed by atoms with Crippen molar-refractivity contribution in [2.24, 2.45) is 5.41 Å². The van der Waals surface area contributed by atoms with Crippen LogP contribution in [0.3, 0.4) is 0 Å². The van der Waals surface area contributed by atoms with Crippen molar-refractivity contribution in [3.05, 3.63) is 6.33 Å². The Hall–Kier alpha value is -1.10. The summed E-state index contributed by atoms with van der Waals surface area (Å²) in [5, 5.41) is 4.01. The SMILES string of the molecule is COCC(C)(C)Cn1cnc(N)n1. The maximum atomic E-state index is 5.40. The Morgan fingerprint density at radius 1 is 1.62 bits per heavy atom. The minimum atomic E-state index is 0.0505. The molecule has 2 N–H and O–H groups in total. The van der Waals surface area contributed by atoms with Crippen LogP contribution in [0.2, 0.25) is 0 Å². The molecule has 0 aliphatic carbocycles. The van der Waals surface area contributed by atoms with Crippen LogP contribution in [-0.2, 0) is 11.3 Å². The summed E-state index contributed by atoms with van der Waals surface area (Å²) >= 11 is 0. The second-order valence-corrected chi connectivity index (χ2v) is 3.90. The van der Waals surface area contributed by atoms with Crippen LogP contribution in [0, 0.1) is 5.41 Å². The Labute approximate surface area is 77.9 Å². The first-order valence-electron chi connectivity index (χ1n) is 4.17. The van der Waals surface area contributed by atoms with Crippen molar-refractivity contribution >= 4 is 5.95 Å². The van der Waals surface area contributed by atoms with E-state index in [-0.39, 0.29) is 5.41 Å². The molecule has 0 bridgehead atoms. The van der Waals surface area contributed by atoms with E-state index in [4.69, 9.17) is 10.5 Å². The lowest BCUT2D eigenvalue weighted by atomic mass is 9.95. The van der Waals surface area contributed by atoms with Crippen molar-refractivity contribution in [2.45, 2.75) is 20.4 Å². The topological polar surface area (TPSA) is 66.0 Å². The summed E-state index contributed by atoms with van der Waals surface area (Å²) in [5.74, 6) is 0.313. The first kappa shape index (κ1) is 9.98. The summed E-state index contributed by atoms with van der Waals surface area (Å²) < 4.78 is 6.82. The highest BCUT2D eigenvalue weighted by Crippen LogP contribution is 2.17. The zero-order chi connectivity index (χ0) is 9.90. The van der Waals surface area contributed by atoms with Crippen molar-refractivity contribution in [1.29, 1.82) is 0 Å². The molecule has 0 aromatic carbocycles. The number of rotatable bonds is 4. The van der Waals surface area contributed by atoms with E-state index in [0.717, 1.165) is 6.54 Å². The van der Waals surface area contributed by atoms with Crippen molar-refractivity contribution in [3.8, 4) is 0 Å². The van der Waals surface area contributed by atoms with E-state index in [9.17, 15) is 0 Å². The fraction of sp³-hybridized carbons (Fsp3) is 0.750. The smallest absolute Gasteiger partial charge is 0.239 e. The number of nitrogen functional groups attached to an aromatic ring is 1. The quantitative estimate of drug-likeness (QED) is 0.741. The summed E-state index contributed by atoms with van der Waals surface area (Å²) in [6.07, 6.45) is 1.63. The van der Waals surface area contributed by atoms with Gasteiger partial charge >= 0.3 is 0 Å². The van der Waals surface area contributed by atoms with Gasteiger partial charge in [0.1, 0.15) is 6.33 Å². The van der Waals surface area contributed by atoms with Gasteiger partial charge < -0.3 is 10.5 Å². The monoisotopic (exact) mass is 184 g/mol. The molecule has 1 aromatic heterocycles. The predicted molar refractivity (Wildman–Crippen MR) is 50.1 cm³/mol. The van der Waals surface area contributed by atoms with Gasteiger partial charge in [-0.05, 0) is 0 Å². The molecule has 1 heterocycles. The molecule has 1 aromatic rings. The van der Waals surface area contributed by atoms with Gasteiger partial charge in [-0.25, -0.2) is 4.98 Å². The van der Waals surface area contributed by atoms with E-state index >= 15 is 0 Å². The van der Waals surface area contributed by atoms with Crippen LogP contribution in [-0.4, -0.2) is 28.5 Å². The van der Waals surface area contributed by atoms with Gasteiger partial charge in [0, 0.05) is 12.5 Å². The standard InChI is InChI=1S/C8H16N4O/c1-8(2,5-13-3)4-12-6-10-7(9)11-12/h6H,4-5H2,1-3H3,(H2,9,11). The molecule has 0 atom stereocenters. The van der Waals surface area contributed by atoms with Crippen LogP contribution in [0.1, 0.15) is 13.8 Å². The highest BCUT2D eigenvalue weighted by Gasteiger charge is 2.18. The summed E-state index contributed by atoms with van der Waals surface area (Å²) in [6.45, 7) is 5.65. The second-order valence-electron chi connectivity index (χ2n) is 3.90. The molecule has 13 heavy (non-hydrogen) atoms. The molecular weight excluding hydrogens is 168 g/mol. The van der Waals surface area contributed by atoms with Gasteiger partial charge in [-0.15, -0.1) is 5.10 Å². The maximum absolute atomic E-state index is 5.40. The first-order chi connectivity index (χ1) is 6.03. The van der Waals surface area contributed by atoms with Crippen molar-refractivity contribution in [1.82, 2.24) is 14.8 Å². The van der Waals surface area contributed by atoms with Crippen molar-refractivity contribution in [2.75, 3.05) is 19.5 Å². The number of hydrogen-bond acceptors (Lipinski definition) is 4. The minimum Gasteiger partial charge on any atom is -0.384 e. The third kappa shape index (κ3) is 3.02. The molecule has 0 saturated heterocycles. The Bertz CT molecular complexity index is 269.